The number of amides is 1. The van der Waals surface area contributed by atoms with Gasteiger partial charge in [0.1, 0.15) is 11.6 Å². The van der Waals surface area contributed by atoms with Gasteiger partial charge >= 0.3 is 5.97 Å². The molecule has 0 bridgehead atoms. The van der Waals surface area contributed by atoms with Gasteiger partial charge in [-0.05, 0) is 74.8 Å². The first kappa shape index (κ1) is 21.1. The number of hydrogen-bond donors (Lipinski definition) is 0. The number of carbonyl (C=O) groups excluding carboxylic acids is 2. The summed E-state index contributed by atoms with van der Waals surface area (Å²) in [7, 11) is 1.23. The van der Waals surface area contributed by atoms with Crippen LogP contribution in [0.4, 0.5) is 4.39 Å². The maximum Gasteiger partial charge on any atom is 0.340 e. The molecule has 1 saturated heterocycles. The number of methoxy groups -OCH3 is 1. The number of carbonyl (C=O) groups is 2. The van der Waals surface area contributed by atoms with Crippen molar-refractivity contribution < 1.29 is 23.5 Å². The van der Waals surface area contributed by atoms with Crippen LogP contribution in [0.2, 0.25) is 0 Å². The smallest absolute Gasteiger partial charge is 0.340 e. The summed E-state index contributed by atoms with van der Waals surface area (Å²) < 4.78 is 24.1. The number of piperidine rings is 1. The third kappa shape index (κ3) is 4.33. The van der Waals surface area contributed by atoms with E-state index in [2.05, 4.69) is 16.6 Å². The molecule has 30 heavy (non-hydrogen) atoms. The topological polar surface area (TPSA) is 55.8 Å². The molecule has 0 radical (unpaired) electrons. The van der Waals surface area contributed by atoms with Crippen LogP contribution in [0.15, 0.2) is 18.2 Å². The van der Waals surface area contributed by atoms with Gasteiger partial charge in [-0.25, -0.2) is 9.18 Å². The zero-order valence-electron chi connectivity index (χ0n) is 18.0. The predicted molar refractivity (Wildman–Crippen MR) is 111 cm³/mol. The molecule has 2 saturated carbocycles. The van der Waals surface area contributed by atoms with Gasteiger partial charge in [0.05, 0.1) is 19.3 Å². The molecule has 0 atom stereocenters. The van der Waals surface area contributed by atoms with Crippen LogP contribution in [0.5, 0.6) is 5.75 Å². The van der Waals surface area contributed by atoms with Crippen molar-refractivity contribution in [3.63, 3.8) is 0 Å². The van der Waals surface area contributed by atoms with E-state index in [-0.39, 0.29) is 11.0 Å². The van der Waals surface area contributed by atoms with Crippen molar-refractivity contribution in [2.45, 2.75) is 58.3 Å². The van der Waals surface area contributed by atoms with Crippen LogP contribution >= 0.6 is 0 Å². The van der Waals surface area contributed by atoms with Gasteiger partial charge in [0.15, 0.2) is 0 Å². The second kappa shape index (κ2) is 8.20. The largest absolute Gasteiger partial charge is 0.493 e. The SMILES string of the molecule is COC(=O)c1ccc(OCCCC2CC3(CCN(C(=O)C4(C)CC4)CC3)C2)cc1F. The molecule has 3 fully saturated rings. The van der Waals surface area contributed by atoms with Gasteiger partial charge in [-0.3, -0.25) is 4.79 Å². The number of nitrogens with zero attached hydrogens (tertiary/aromatic N) is 1. The number of esters is 1. The summed E-state index contributed by atoms with van der Waals surface area (Å²) in [5.41, 5.74) is 0.332. The van der Waals surface area contributed by atoms with E-state index < -0.39 is 11.8 Å². The fourth-order valence-electron chi connectivity index (χ4n) is 5.17. The van der Waals surface area contributed by atoms with Crippen molar-refractivity contribution >= 4 is 11.9 Å². The Balaban J connectivity index is 1.13. The first-order valence-corrected chi connectivity index (χ1v) is 11.1. The Kier molecular flexibility index (Phi) is 5.78. The molecule has 0 N–H and O–H groups in total. The highest BCUT2D eigenvalue weighted by Crippen LogP contribution is 2.55. The van der Waals surface area contributed by atoms with E-state index in [1.807, 2.05) is 0 Å². The second-order valence-electron chi connectivity index (χ2n) is 9.75. The Morgan fingerprint density at radius 1 is 1.17 bits per heavy atom. The van der Waals surface area contributed by atoms with Crippen LogP contribution in [0.1, 0.15) is 68.6 Å². The molecule has 6 heteroatoms. The first-order valence-electron chi connectivity index (χ1n) is 11.1. The highest BCUT2D eigenvalue weighted by molar-refractivity contribution is 5.89. The normalized spacial score (nSPS) is 21.8. The van der Waals surface area contributed by atoms with Crippen molar-refractivity contribution in [2.24, 2.45) is 16.7 Å². The van der Waals surface area contributed by atoms with Crippen LogP contribution in [0.3, 0.4) is 0 Å². The van der Waals surface area contributed by atoms with E-state index in [4.69, 9.17) is 4.74 Å². The Bertz CT molecular complexity index is 803. The van der Waals surface area contributed by atoms with E-state index in [0.717, 1.165) is 57.5 Å². The minimum atomic E-state index is -0.685. The van der Waals surface area contributed by atoms with Crippen LogP contribution in [-0.2, 0) is 9.53 Å². The third-order valence-electron chi connectivity index (χ3n) is 7.44. The lowest BCUT2D eigenvalue weighted by molar-refractivity contribution is -0.140. The van der Waals surface area contributed by atoms with Gasteiger partial charge in [0.2, 0.25) is 5.91 Å². The number of rotatable bonds is 7. The van der Waals surface area contributed by atoms with Crippen LogP contribution in [0, 0.1) is 22.6 Å². The van der Waals surface area contributed by atoms with Crippen molar-refractivity contribution in [2.75, 3.05) is 26.8 Å². The molecular weight excluding hydrogens is 385 g/mol. The third-order valence-corrected chi connectivity index (χ3v) is 7.44. The van der Waals surface area contributed by atoms with Gasteiger partial charge < -0.3 is 14.4 Å². The van der Waals surface area contributed by atoms with Crippen molar-refractivity contribution in [3.05, 3.63) is 29.6 Å². The number of benzene rings is 1. The summed E-state index contributed by atoms with van der Waals surface area (Å²) >= 11 is 0. The van der Waals surface area contributed by atoms with Gasteiger partial charge in [-0.2, -0.15) is 0 Å². The monoisotopic (exact) mass is 417 g/mol. The minimum Gasteiger partial charge on any atom is -0.493 e. The lowest BCUT2D eigenvalue weighted by Crippen LogP contribution is -2.50. The predicted octanol–water partition coefficient (Wildman–Crippen LogP) is 4.59. The van der Waals surface area contributed by atoms with E-state index >= 15 is 0 Å². The Morgan fingerprint density at radius 3 is 2.47 bits per heavy atom. The summed E-state index contributed by atoms with van der Waals surface area (Å²) in [6.45, 7) is 4.50. The van der Waals surface area contributed by atoms with Crippen molar-refractivity contribution in [1.82, 2.24) is 4.90 Å². The average molecular weight is 418 g/mol. The van der Waals surface area contributed by atoms with Crippen LogP contribution in [-0.4, -0.2) is 43.6 Å². The molecular formula is C24H32FNO4. The van der Waals surface area contributed by atoms with Crippen LogP contribution in [0.25, 0.3) is 0 Å². The van der Waals surface area contributed by atoms with Crippen molar-refractivity contribution in [3.8, 4) is 5.75 Å². The number of ether oxygens (including phenoxy) is 2. The number of hydrogen-bond acceptors (Lipinski definition) is 4. The fourth-order valence-corrected chi connectivity index (χ4v) is 5.17. The van der Waals surface area contributed by atoms with Gasteiger partial charge in [0.25, 0.3) is 0 Å². The highest BCUT2D eigenvalue weighted by Gasteiger charge is 2.50. The Labute approximate surface area is 177 Å². The molecule has 1 heterocycles. The van der Waals surface area contributed by atoms with Gasteiger partial charge in [0, 0.05) is 24.6 Å². The molecule has 1 aromatic rings. The maximum atomic E-state index is 13.9. The number of likely N-dealkylation sites (tertiary alicyclic amines) is 1. The second-order valence-corrected chi connectivity index (χ2v) is 9.75. The van der Waals surface area contributed by atoms with Gasteiger partial charge in [-0.15, -0.1) is 0 Å². The Morgan fingerprint density at radius 2 is 1.87 bits per heavy atom. The van der Waals surface area contributed by atoms with Gasteiger partial charge in [-0.1, -0.05) is 6.92 Å². The average Bonchev–Trinajstić information content (AvgIpc) is 3.48. The molecule has 0 aromatic heterocycles. The Hall–Kier alpha value is -2.11. The summed E-state index contributed by atoms with van der Waals surface area (Å²) in [5, 5.41) is 0. The quantitative estimate of drug-likeness (QED) is 0.481. The maximum absolute atomic E-state index is 13.9. The summed E-state index contributed by atoms with van der Waals surface area (Å²) in [6.07, 6.45) is 8.97. The highest BCUT2D eigenvalue weighted by atomic mass is 19.1. The molecule has 4 rings (SSSR count). The molecule has 0 unspecified atom stereocenters. The molecule has 1 spiro atoms. The lowest BCUT2D eigenvalue weighted by Gasteiger charge is -2.52. The standard InChI is InChI=1S/C24H32FNO4/c1-23(7-8-23)22(28)26-11-9-24(10-12-26)15-17(16-24)4-3-13-30-18-5-6-19(20(25)14-18)21(27)29-2/h5-6,14,17H,3-4,7-13,15-16H2,1-2H3. The van der Waals surface area contributed by atoms with Crippen molar-refractivity contribution in [1.29, 1.82) is 0 Å². The molecule has 1 aromatic carbocycles. The molecule has 5 nitrogen and oxygen atoms in total. The fraction of sp³-hybridized carbons (Fsp3) is 0.667. The summed E-state index contributed by atoms with van der Waals surface area (Å²) in [5.74, 6) is 0.235. The lowest BCUT2D eigenvalue weighted by atomic mass is 9.56. The summed E-state index contributed by atoms with van der Waals surface area (Å²) in [6, 6.07) is 4.24. The zero-order valence-corrected chi connectivity index (χ0v) is 18.0. The summed E-state index contributed by atoms with van der Waals surface area (Å²) in [4.78, 5) is 26.0. The van der Waals surface area contributed by atoms with E-state index in [9.17, 15) is 14.0 Å². The number of halogens is 1. The molecule has 3 aliphatic rings. The molecule has 1 amide bonds. The molecule has 164 valence electrons. The van der Waals surface area contributed by atoms with E-state index in [1.165, 1.54) is 32.1 Å². The van der Waals surface area contributed by atoms with Crippen LogP contribution < -0.4 is 4.74 Å². The zero-order chi connectivity index (χ0) is 21.4. The molecule has 2 aliphatic carbocycles. The minimum absolute atomic E-state index is 0.0464. The molecule has 1 aliphatic heterocycles. The first-order chi connectivity index (χ1) is 14.3. The van der Waals surface area contributed by atoms with E-state index in [0.29, 0.717) is 23.7 Å². The van der Waals surface area contributed by atoms with E-state index in [1.54, 1.807) is 6.07 Å².